The third kappa shape index (κ3) is 2.48. The van der Waals surface area contributed by atoms with Gasteiger partial charge in [0.15, 0.2) is 5.96 Å². The molecule has 0 saturated heterocycles. The summed E-state index contributed by atoms with van der Waals surface area (Å²) in [5, 5.41) is 2.56. The first-order valence-electron chi connectivity index (χ1n) is 5.20. The zero-order valence-electron chi connectivity index (χ0n) is 8.71. The van der Waals surface area contributed by atoms with Gasteiger partial charge in [-0.1, -0.05) is 0 Å². The fraction of sp³-hybridized carbons (Fsp3) is 0.364. The van der Waals surface area contributed by atoms with Crippen molar-refractivity contribution >= 4 is 11.6 Å². The predicted molar refractivity (Wildman–Crippen MR) is 59.2 cm³/mol. The zero-order valence-corrected chi connectivity index (χ0v) is 8.71. The summed E-state index contributed by atoms with van der Waals surface area (Å²) < 4.78 is 26.1. The maximum absolute atomic E-state index is 13.2. The second-order valence-corrected chi connectivity index (χ2v) is 3.85. The second kappa shape index (κ2) is 4.47. The Kier molecular flexibility index (Phi) is 3.03. The minimum Gasteiger partial charge on any atom is -0.370 e. The van der Waals surface area contributed by atoms with Crippen LogP contribution in [0.25, 0.3) is 0 Å². The first-order chi connectivity index (χ1) is 7.65. The van der Waals surface area contributed by atoms with Crippen LogP contribution in [0.2, 0.25) is 0 Å². The third-order valence-corrected chi connectivity index (χ3v) is 2.59. The van der Waals surface area contributed by atoms with E-state index >= 15 is 0 Å². The van der Waals surface area contributed by atoms with Gasteiger partial charge in [-0.2, -0.15) is 0 Å². The van der Waals surface area contributed by atoms with Crippen LogP contribution in [0.1, 0.15) is 19.3 Å². The van der Waals surface area contributed by atoms with Crippen LogP contribution in [0, 0.1) is 11.6 Å². The molecule has 3 N–H and O–H groups in total. The molecule has 0 amide bonds. The molecule has 1 aromatic carbocycles. The molecule has 1 aromatic rings. The molecule has 0 bridgehead atoms. The lowest BCUT2D eigenvalue weighted by Gasteiger charge is -2.21. The van der Waals surface area contributed by atoms with Gasteiger partial charge in [-0.05, 0) is 31.4 Å². The van der Waals surface area contributed by atoms with Crippen LogP contribution < -0.4 is 11.1 Å². The topological polar surface area (TPSA) is 50.4 Å². The minimum absolute atomic E-state index is 0.0144. The van der Waals surface area contributed by atoms with Crippen molar-refractivity contribution in [3.05, 3.63) is 29.8 Å². The van der Waals surface area contributed by atoms with Gasteiger partial charge in [0.1, 0.15) is 11.6 Å². The predicted octanol–water partition coefficient (Wildman–Crippen LogP) is 2.24. The van der Waals surface area contributed by atoms with Gasteiger partial charge >= 0.3 is 0 Å². The van der Waals surface area contributed by atoms with Crippen LogP contribution in [0.3, 0.4) is 0 Å². The summed E-state index contributed by atoms with van der Waals surface area (Å²) in [5.74, 6) is -0.928. The van der Waals surface area contributed by atoms with Crippen molar-refractivity contribution in [2.24, 2.45) is 10.7 Å². The van der Waals surface area contributed by atoms with Crippen molar-refractivity contribution in [2.45, 2.75) is 25.3 Å². The van der Waals surface area contributed by atoms with Crippen molar-refractivity contribution in [3.8, 4) is 0 Å². The molecule has 0 aromatic heterocycles. The molecule has 1 fully saturated rings. The van der Waals surface area contributed by atoms with E-state index in [4.69, 9.17) is 5.73 Å². The molecular weight excluding hydrogens is 212 g/mol. The van der Waals surface area contributed by atoms with E-state index in [1.807, 2.05) is 0 Å². The molecule has 3 nitrogen and oxygen atoms in total. The van der Waals surface area contributed by atoms with Crippen LogP contribution in [-0.4, -0.2) is 12.0 Å². The molecule has 86 valence electrons. The lowest BCUT2D eigenvalue weighted by molar-refractivity contribution is 0.420. The summed E-state index contributed by atoms with van der Waals surface area (Å²) in [7, 11) is 0. The van der Waals surface area contributed by atoms with Gasteiger partial charge in [0.2, 0.25) is 0 Å². The third-order valence-electron chi connectivity index (χ3n) is 2.59. The summed E-state index contributed by atoms with van der Waals surface area (Å²) in [6, 6.07) is 3.39. The quantitative estimate of drug-likeness (QED) is 0.599. The Balaban J connectivity index is 2.07. The fourth-order valence-electron chi connectivity index (χ4n) is 1.48. The standard InChI is InChI=1S/C11H13F2N3/c12-7-4-5-9(13)10(6-7)16-11(14)15-8-2-1-3-8/h4-6,8H,1-3H2,(H3,14,15,16). The number of halogens is 2. The number of nitrogens with two attached hydrogens (primary N) is 1. The summed E-state index contributed by atoms with van der Waals surface area (Å²) in [6.07, 6.45) is 3.16. The van der Waals surface area contributed by atoms with Crippen molar-refractivity contribution in [1.29, 1.82) is 0 Å². The molecule has 5 heteroatoms. The average Bonchev–Trinajstić information content (AvgIpc) is 2.18. The molecule has 2 rings (SSSR count). The van der Waals surface area contributed by atoms with Crippen LogP contribution in [0.5, 0.6) is 0 Å². The van der Waals surface area contributed by atoms with Crippen LogP contribution in [0.4, 0.5) is 14.5 Å². The molecule has 0 aliphatic heterocycles. The van der Waals surface area contributed by atoms with Gasteiger partial charge in [-0.15, -0.1) is 0 Å². The highest BCUT2D eigenvalue weighted by Crippen LogP contribution is 2.22. The molecule has 0 unspecified atom stereocenters. The number of aliphatic imine (C=N–C) groups is 1. The Morgan fingerprint density at radius 2 is 2.12 bits per heavy atom. The van der Waals surface area contributed by atoms with E-state index in [1.165, 1.54) is 0 Å². The first kappa shape index (κ1) is 10.9. The smallest absolute Gasteiger partial charge is 0.193 e. The molecule has 1 saturated carbocycles. The van der Waals surface area contributed by atoms with Crippen molar-refractivity contribution < 1.29 is 8.78 Å². The number of anilines is 1. The van der Waals surface area contributed by atoms with Crippen LogP contribution >= 0.6 is 0 Å². The van der Waals surface area contributed by atoms with Gasteiger partial charge < -0.3 is 11.1 Å². The highest BCUT2D eigenvalue weighted by atomic mass is 19.1. The van der Waals surface area contributed by atoms with Gasteiger partial charge in [0.25, 0.3) is 0 Å². The lowest BCUT2D eigenvalue weighted by Crippen LogP contribution is -2.28. The van der Waals surface area contributed by atoms with E-state index in [0.717, 1.165) is 37.5 Å². The Bertz CT molecular complexity index is 414. The summed E-state index contributed by atoms with van der Waals surface area (Å²) in [4.78, 5) is 4.14. The SMILES string of the molecule is NC(=NC1CCC1)Nc1cc(F)ccc1F. The van der Waals surface area contributed by atoms with Gasteiger partial charge in [0.05, 0.1) is 11.7 Å². The van der Waals surface area contributed by atoms with E-state index in [0.29, 0.717) is 0 Å². The van der Waals surface area contributed by atoms with Gasteiger partial charge in [-0.25, -0.2) is 13.8 Å². The maximum Gasteiger partial charge on any atom is 0.193 e. The molecule has 16 heavy (non-hydrogen) atoms. The Labute approximate surface area is 92.4 Å². The number of guanidine groups is 1. The molecule has 1 aliphatic carbocycles. The molecule has 0 radical (unpaired) electrons. The van der Waals surface area contributed by atoms with E-state index in [-0.39, 0.29) is 17.7 Å². The normalized spacial score (nSPS) is 17.0. The fourth-order valence-corrected chi connectivity index (χ4v) is 1.48. The number of hydrogen-bond donors (Lipinski definition) is 2. The highest BCUT2D eigenvalue weighted by molar-refractivity contribution is 5.92. The summed E-state index contributed by atoms with van der Waals surface area (Å²) in [5.41, 5.74) is 5.60. The van der Waals surface area contributed by atoms with E-state index in [9.17, 15) is 8.78 Å². The monoisotopic (exact) mass is 225 g/mol. The van der Waals surface area contributed by atoms with E-state index in [2.05, 4.69) is 10.3 Å². The highest BCUT2D eigenvalue weighted by Gasteiger charge is 2.16. The van der Waals surface area contributed by atoms with Crippen LogP contribution in [0.15, 0.2) is 23.2 Å². The molecule has 0 heterocycles. The second-order valence-electron chi connectivity index (χ2n) is 3.85. The number of nitrogens with zero attached hydrogens (tertiary/aromatic N) is 1. The van der Waals surface area contributed by atoms with Gasteiger partial charge in [0, 0.05) is 6.07 Å². The molecule has 1 aliphatic rings. The lowest BCUT2D eigenvalue weighted by atomic mass is 9.94. The average molecular weight is 225 g/mol. The van der Waals surface area contributed by atoms with Gasteiger partial charge in [-0.3, -0.25) is 0 Å². The first-order valence-corrected chi connectivity index (χ1v) is 5.20. The largest absolute Gasteiger partial charge is 0.370 e. The molecular formula is C11H13F2N3. The summed E-state index contributed by atoms with van der Waals surface area (Å²) in [6.45, 7) is 0. The number of hydrogen-bond acceptors (Lipinski definition) is 1. The minimum atomic E-state index is -0.548. The van der Waals surface area contributed by atoms with Crippen LogP contribution in [-0.2, 0) is 0 Å². The molecule has 0 atom stereocenters. The molecule has 0 spiro atoms. The van der Waals surface area contributed by atoms with E-state index in [1.54, 1.807) is 0 Å². The number of benzene rings is 1. The Morgan fingerprint density at radius 1 is 1.38 bits per heavy atom. The zero-order chi connectivity index (χ0) is 11.5. The number of rotatable bonds is 2. The Morgan fingerprint density at radius 3 is 2.75 bits per heavy atom. The Hall–Kier alpha value is -1.65. The maximum atomic E-state index is 13.2. The van der Waals surface area contributed by atoms with E-state index < -0.39 is 11.6 Å². The van der Waals surface area contributed by atoms with Crippen molar-refractivity contribution in [1.82, 2.24) is 0 Å². The van der Waals surface area contributed by atoms with Crippen molar-refractivity contribution in [3.63, 3.8) is 0 Å². The summed E-state index contributed by atoms with van der Waals surface area (Å²) >= 11 is 0. The van der Waals surface area contributed by atoms with Crippen molar-refractivity contribution in [2.75, 3.05) is 5.32 Å². The number of nitrogens with one attached hydrogen (secondary N) is 1.